The first-order chi connectivity index (χ1) is 13.3. The predicted octanol–water partition coefficient (Wildman–Crippen LogP) is 3.73. The van der Waals surface area contributed by atoms with Gasteiger partial charge in [0.1, 0.15) is 5.82 Å². The second-order valence-electron chi connectivity index (χ2n) is 8.57. The predicted molar refractivity (Wildman–Crippen MR) is 119 cm³/mol. The first-order valence-corrected chi connectivity index (χ1v) is 9.94. The van der Waals surface area contributed by atoms with Gasteiger partial charge in [-0.3, -0.25) is 9.20 Å². The number of carbonyl (C=O) groups excluding carboxylic acids is 1. The molecule has 6 nitrogen and oxygen atoms in total. The van der Waals surface area contributed by atoms with E-state index in [0.29, 0.717) is 11.2 Å². The van der Waals surface area contributed by atoms with Gasteiger partial charge in [-0.05, 0) is 47.9 Å². The highest BCUT2D eigenvalue weighted by Crippen LogP contribution is 2.38. The van der Waals surface area contributed by atoms with Crippen LogP contribution in [0, 0.1) is 5.41 Å². The van der Waals surface area contributed by atoms with Crippen LogP contribution in [-0.4, -0.2) is 40.1 Å². The third-order valence-electron chi connectivity index (χ3n) is 6.11. The van der Waals surface area contributed by atoms with E-state index in [9.17, 15) is 9.90 Å². The SMILES string of the molecule is CC(C)c1cc(C(N)=O)c2nc3ccccc3n2c1N1CCC(C)(CO)CC1.Cl. The first kappa shape index (κ1) is 21.4. The summed E-state index contributed by atoms with van der Waals surface area (Å²) in [5.41, 5.74) is 9.69. The van der Waals surface area contributed by atoms with E-state index in [-0.39, 0.29) is 30.3 Å². The average Bonchev–Trinajstić information content (AvgIpc) is 3.06. The molecule has 0 unspecified atom stereocenters. The number of halogens is 1. The fourth-order valence-corrected chi connectivity index (χ4v) is 4.18. The molecule has 3 heterocycles. The molecule has 1 aliphatic rings. The number of rotatable bonds is 4. The number of nitrogens with zero attached hydrogens (tertiary/aromatic N) is 3. The van der Waals surface area contributed by atoms with Crippen molar-refractivity contribution in [2.24, 2.45) is 11.1 Å². The Bertz CT molecular complexity index is 1050. The van der Waals surface area contributed by atoms with Crippen molar-refractivity contribution in [3.05, 3.63) is 41.5 Å². The normalized spacial score (nSPS) is 16.4. The number of amides is 1. The van der Waals surface area contributed by atoms with Crippen molar-refractivity contribution in [1.82, 2.24) is 9.38 Å². The average molecular weight is 417 g/mol. The van der Waals surface area contributed by atoms with Crippen LogP contribution in [0.5, 0.6) is 0 Å². The summed E-state index contributed by atoms with van der Waals surface area (Å²) in [6.45, 7) is 8.34. The van der Waals surface area contributed by atoms with E-state index in [1.165, 1.54) is 0 Å². The molecule has 2 aromatic heterocycles. The number of aromatic nitrogens is 2. The van der Waals surface area contributed by atoms with E-state index >= 15 is 0 Å². The van der Waals surface area contributed by atoms with Crippen LogP contribution in [0.1, 0.15) is 55.5 Å². The number of piperidine rings is 1. The lowest BCUT2D eigenvalue weighted by atomic mass is 9.81. The lowest BCUT2D eigenvalue weighted by Gasteiger charge is -2.40. The molecular weight excluding hydrogens is 388 g/mol. The first-order valence-electron chi connectivity index (χ1n) is 9.94. The summed E-state index contributed by atoms with van der Waals surface area (Å²) in [7, 11) is 0. The zero-order valence-corrected chi connectivity index (χ0v) is 18.0. The van der Waals surface area contributed by atoms with Crippen LogP contribution >= 0.6 is 12.4 Å². The van der Waals surface area contributed by atoms with Crippen LogP contribution < -0.4 is 10.6 Å². The van der Waals surface area contributed by atoms with Gasteiger partial charge in [0.05, 0.1) is 16.6 Å². The van der Waals surface area contributed by atoms with E-state index in [1.54, 1.807) is 0 Å². The summed E-state index contributed by atoms with van der Waals surface area (Å²) >= 11 is 0. The van der Waals surface area contributed by atoms with Crippen LogP contribution in [0.25, 0.3) is 16.7 Å². The van der Waals surface area contributed by atoms with E-state index in [2.05, 4.69) is 30.1 Å². The largest absolute Gasteiger partial charge is 0.396 e. The second kappa shape index (κ2) is 7.84. The van der Waals surface area contributed by atoms with E-state index < -0.39 is 5.91 Å². The van der Waals surface area contributed by atoms with Crippen LogP contribution in [-0.2, 0) is 0 Å². The third kappa shape index (κ3) is 3.55. The molecule has 156 valence electrons. The van der Waals surface area contributed by atoms with Crippen LogP contribution in [0.3, 0.4) is 0 Å². The molecule has 0 radical (unpaired) electrons. The fourth-order valence-electron chi connectivity index (χ4n) is 4.18. The van der Waals surface area contributed by atoms with Crippen LogP contribution in [0.2, 0.25) is 0 Å². The maximum atomic E-state index is 12.2. The van der Waals surface area contributed by atoms with Gasteiger partial charge in [0, 0.05) is 19.7 Å². The van der Waals surface area contributed by atoms with E-state index in [1.807, 2.05) is 30.3 Å². The van der Waals surface area contributed by atoms with Gasteiger partial charge < -0.3 is 15.7 Å². The number of aliphatic hydroxyl groups excluding tert-OH is 1. The monoisotopic (exact) mass is 416 g/mol. The Kier molecular flexibility index (Phi) is 5.79. The molecule has 3 N–H and O–H groups in total. The molecule has 1 amide bonds. The number of hydrogen-bond donors (Lipinski definition) is 2. The maximum Gasteiger partial charge on any atom is 0.252 e. The molecule has 3 aromatic rings. The number of aliphatic hydroxyl groups is 1. The van der Waals surface area contributed by atoms with Gasteiger partial charge in [-0.25, -0.2) is 4.98 Å². The Hall–Kier alpha value is -2.31. The molecule has 4 rings (SSSR count). The number of pyridine rings is 1. The molecular formula is C22H29ClN4O2. The van der Waals surface area contributed by atoms with E-state index in [4.69, 9.17) is 10.7 Å². The molecule has 7 heteroatoms. The van der Waals surface area contributed by atoms with Gasteiger partial charge in [0.25, 0.3) is 5.91 Å². The number of benzene rings is 1. The molecule has 0 atom stereocenters. The highest BCUT2D eigenvalue weighted by molar-refractivity contribution is 6.02. The molecule has 29 heavy (non-hydrogen) atoms. The van der Waals surface area contributed by atoms with Gasteiger partial charge in [-0.15, -0.1) is 12.4 Å². The minimum atomic E-state index is -0.458. The highest BCUT2D eigenvalue weighted by atomic mass is 35.5. The molecule has 1 aromatic carbocycles. The van der Waals surface area contributed by atoms with Crippen molar-refractivity contribution in [1.29, 1.82) is 0 Å². The summed E-state index contributed by atoms with van der Waals surface area (Å²) in [4.78, 5) is 19.3. The lowest BCUT2D eigenvalue weighted by molar-refractivity contribution is 0.100. The number of carbonyl (C=O) groups is 1. The van der Waals surface area contributed by atoms with Crippen molar-refractivity contribution in [3.8, 4) is 0 Å². The Balaban J connectivity index is 0.00000240. The van der Waals surface area contributed by atoms with Gasteiger partial charge in [-0.2, -0.15) is 0 Å². The number of anilines is 1. The summed E-state index contributed by atoms with van der Waals surface area (Å²) in [6.07, 6.45) is 1.85. The molecule has 1 saturated heterocycles. The Labute approximate surface area is 177 Å². The minimum absolute atomic E-state index is 0. The summed E-state index contributed by atoms with van der Waals surface area (Å²) in [5.74, 6) is 0.855. The zero-order chi connectivity index (χ0) is 20.1. The van der Waals surface area contributed by atoms with Gasteiger partial charge in [0.2, 0.25) is 0 Å². The van der Waals surface area contributed by atoms with Crippen molar-refractivity contribution >= 4 is 40.8 Å². The molecule has 1 fully saturated rings. The fraction of sp³-hybridized carbons (Fsp3) is 0.455. The number of hydrogen-bond acceptors (Lipinski definition) is 4. The third-order valence-corrected chi connectivity index (χ3v) is 6.11. The Morgan fingerprint density at radius 2 is 1.93 bits per heavy atom. The maximum absolute atomic E-state index is 12.2. The zero-order valence-electron chi connectivity index (χ0n) is 17.2. The summed E-state index contributed by atoms with van der Waals surface area (Å²) < 4.78 is 2.10. The van der Waals surface area contributed by atoms with Crippen molar-refractivity contribution in [3.63, 3.8) is 0 Å². The minimum Gasteiger partial charge on any atom is -0.396 e. The van der Waals surface area contributed by atoms with Crippen molar-refractivity contribution in [2.75, 3.05) is 24.6 Å². The number of imidazole rings is 1. The molecule has 1 aliphatic heterocycles. The van der Waals surface area contributed by atoms with Crippen molar-refractivity contribution < 1.29 is 9.90 Å². The molecule has 0 bridgehead atoms. The molecule has 0 aliphatic carbocycles. The number of primary amides is 1. The van der Waals surface area contributed by atoms with Crippen molar-refractivity contribution in [2.45, 2.75) is 39.5 Å². The van der Waals surface area contributed by atoms with Gasteiger partial charge in [-0.1, -0.05) is 32.9 Å². The molecule has 0 spiro atoms. The molecule has 0 saturated carbocycles. The summed E-state index contributed by atoms with van der Waals surface area (Å²) in [6, 6.07) is 9.87. The number of nitrogens with two attached hydrogens (primary N) is 1. The topological polar surface area (TPSA) is 83.9 Å². The number of fused-ring (bicyclic) bond motifs is 3. The Morgan fingerprint density at radius 1 is 1.28 bits per heavy atom. The highest BCUT2D eigenvalue weighted by Gasteiger charge is 2.32. The quantitative estimate of drug-likeness (QED) is 0.678. The van der Waals surface area contributed by atoms with Crippen LogP contribution in [0.15, 0.2) is 30.3 Å². The van der Waals surface area contributed by atoms with Gasteiger partial charge in [0.15, 0.2) is 5.65 Å². The smallest absolute Gasteiger partial charge is 0.252 e. The lowest BCUT2D eigenvalue weighted by Crippen LogP contribution is -2.41. The van der Waals surface area contributed by atoms with E-state index in [0.717, 1.165) is 48.3 Å². The standard InChI is InChI=1S/C22H28N4O2.ClH/c1-14(2)15-12-16(19(23)28)20-24-17-6-4-5-7-18(17)26(20)21(15)25-10-8-22(3,13-27)9-11-25;/h4-7,12,14,27H,8-11,13H2,1-3H3,(H2,23,28);1H. The Morgan fingerprint density at radius 3 is 2.52 bits per heavy atom. The van der Waals surface area contributed by atoms with Gasteiger partial charge >= 0.3 is 0 Å². The van der Waals surface area contributed by atoms with Crippen LogP contribution in [0.4, 0.5) is 5.82 Å². The number of para-hydroxylation sites is 2. The summed E-state index contributed by atoms with van der Waals surface area (Å²) in [5, 5.41) is 9.74. The second-order valence-corrected chi connectivity index (χ2v) is 8.57.